The molecule has 0 aliphatic heterocycles. The first-order valence-corrected chi connectivity index (χ1v) is 9.17. The van der Waals surface area contributed by atoms with Crippen molar-refractivity contribution in [1.82, 2.24) is 0 Å². The highest BCUT2D eigenvalue weighted by molar-refractivity contribution is 5.97. The van der Waals surface area contributed by atoms with Crippen molar-refractivity contribution in [2.45, 2.75) is 71.6 Å². The van der Waals surface area contributed by atoms with E-state index in [1.807, 2.05) is 6.92 Å². The van der Waals surface area contributed by atoms with Crippen LogP contribution in [0.25, 0.3) is 0 Å². The molecule has 5 heteroatoms. The van der Waals surface area contributed by atoms with Crippen molar-refractivity contribution in [1.29, 1.82) is 0 Å². The number of hydrogen-bond donors (Lipinski definition) is 2. The van der Waals surface area contributed by atoms with Crippen LogP contribution in [0, 0.1) is 0 Å². The normalized spacial score (nSPS) is 10.6. The molecule has 5 nitrogen and oxygen atoms in total. The summed E-state index contributed by atoms with van der Waals surface area (Å²) in [4.78, 5) is 22.0. The van der Waals surface area contributed by atoms with Crippen LogP contribution in [-0.4, -0.2) is 28.6 Å². The highest BCUT2D eigenvalue weighted by Gasteiger charge is 2.15. The number of ether oxygens (including phenoxy) is 1. The number of ketones is 1. The lowest BCUT2D eigenvalue weighted by molar-refractivity contribution is -0.137. The standard InChI is InChI=1S/C20H30O5/c1-3-10-17-18(13-12-16(15(2)21)20(17)24)25-14-9-7-5-4-6-8-11-19(22)23/h12-13,24H,3-11,14H2,1-2H3,(H,22,23). The zero-order valence-corrected chi connectivity index (χ0v) is 15.3. The van der Waals surface area contributed by atoms with Gasteiger partial charge in [0.2, 0.25) is 0 Å². The smallest absolute Gasteiger partial charge is 0.303 e. The minimum Gasteiger partial charge on any atom is -0.507 e. The lowest BCUT2D eigenvalue weighted by atomic mass is 10.0. The molecule has 1 rings (SSSR count). The summed E-state index contributed by atoms with van der Waals surface area (Å²) in [6.45, 7) is 4.04. The Kier molecular flexibility index (Phi) is 9.66. The molecule has 0 saturated carbocycles. The number of carbonyl (C=O) groups excluding carboxylic acids is 1. The molecule has 0 unspecified atom stereocenters. The van der Waals surface area contributed by atoms with Gasteiger partial charge in [-0.05, 0) is 38.3 Å². The number of aliphatic carboxylic acids is 1. The van der Waals surface area contributed by atoms with E-state index in [9.17, 15) is 14.7 Å². The van der Waals surface area contributed by atoms with Gasteiger partial charge in [-0.3, -0.25) is 9.59 Å². The van der Waals surface area contributed by atoms with E-state index in [1.54, 1.807) is 12.1 Å². The SMILES string of the molecule is CCCc1c(OCCCCCCCCC(=O)O)ccc(C(C)=O)c1O. The van der Waals surface area contributed by atoms with Gasteiger partial charge in [-0.2, -0.15) is 0 Å². The Bertz CT molecular complexity index is 565. The second kappa shape index (κ2) is 11.5. The van der Waals surface area contributed by atoms with E-state index < -0.39 is 5.97 Å². The maximum Gasteiger partial charge on any atom is 0.303 e. The van der Waals surface area contributed by atoms with Gasteiger partial charge < -0.3 is 14.9 Å². The molecule has 0 aromatic heterocycles. The maximum absolute atomic E-state index is 11.5. The Labute approximate surface area is 150 Å². The molecule has 0 atom stereocenters. The highest BCUT2D eigenvalue weighted by atomic mass is 16.5. The van der Waals surface area contributed by atoms with Gasteiger partial charge in [0.05, 0.1) is 12.2 Å². The minimum absolute atomic E-state index is 0.0466. The average molecular weight is 350 g/mol. The van der Waals surface area contributed by atoms with Crippen molar-refractivity contribution in [3.63, 3.8) is 0 Å². The van der Waals surface area contributed by atoms with E-state index in [4.69, 9.17) is 9.84 Å². The van der Waals surface area contributed by atoms with E-state index >= 15 is 0 Å². The summed E-state index contributed by atoms with van der Waals surface area (Å²) in [5, 5.41) is 18.9. The summed E-state index contributed by atoms with van der Waals surface area (Å²) in [5.41, 5.74) is 1.06. The van der Waals surface area contributed by atoms with Crippen LogP contribution in [-0.2, 0) is 11.2 Å². The summed E-state index contributed by atoms with van der Waals surface area (Å²) in [5.74, 6) is -0.171. The number of Topliss-reactive ketones (excluding diaryl/α,β-unsaturated/α-hetero) is 1. The molecule has 1 aromatic carbocycles. The van der Waals surface area contributed by atoms with Crippen LogP contribution in [0.1, 0.15) is 81.1 Å². The fourth-order valence-corrected chi connectivity index (χ4v) is 2.80. The van der Waals surface area contributed by atoms with Gasteiger partial charge in [0, 0.05) is 12.0 Å². The maximum atomic E-state index is 11.5. The molecule has 0 amide bonds. The van der Waals surface area contributed by atoms with Gasteiger partial charge in [-0.25, -0.2) is 0 Å². The Morgan fingerprint density at radius 3 is 2.28 bits per heavy atom. The summed E-state index contributed by atoms with van der Waals surface area (Å²) >= 11 is 0. The second-order valence-electron chi connectivity index (χ2n) is 6.36. The lowest BCUT2D eigenvalue weighted by Gasteiger charge is -2.14. The first-order chi connectivity index (χ1) is 12.0. The Hall–Kier alpha value is -2.04. The minimum atomic E-state index is -0.727. The number of phenolic OH excluding ortho intramolecular Hbond substituents is 1. The van der Waals surface area contributed by atoms with Crippen LogP contribution in [0.5, 0.6) is 11.5 Å². The second-order valence-corrected chi connectivity index (χ2v) is 6.36. The van der Waals surface area contributed by atoms with Gasteiger partial charge in [-0.1, -0.05) is 39.0 Å². The molecular formula is C20H30O5. The van der Waals surface area contributed by atoms with Crippen molar-refractivity contribution in [3.8, 4) is 11.5 Å². The molecular weight excluding hydrogens is 320 g/mol. The number of unbranched alkanes of at least 4 members (excludes halogenated alkanes) is 5. The summed E-state index contributed by atoms with van der Waals surface area (Å²) in [6.07, 6.45) is 7.55. The molecule has 0 saturated heterocycles. The lowest BCUT2D eigenvalue weighted by Crippen LogP contribution is -2.03. The fourth-order valence-electron chi connectivity index (χ4n) is 2.80. The molecule has 140 valence electrons. The number of rotatable bonds is 13. The molecule has 0 fully saturated rings. The van der Waals surface area contributed by atoms with E-state index in [0.29, 0.717) is 29.9 Å². The fraction of sp³-hybridized carbons (Fsp3) is 0.600. The van der Waals surface area contributed by atoms with Crippen molar-refractivity contribution in [2.75, 3.05) is 6.61 Å². The van der Waals surface area contributed by atoms with Crippen LogP contribution in [0.3, 0.4) is 0 Å². The third kappa shape index (κ3) is 7.59. The Morgan fingerprint density at radius 2 is 1.68 bits per heavy atom. The Balaban J connectivity index is 2.38. The van der Waals surface area contributed by atoms with Crippen molar-refractivity contribution in [2.24, 2.45) is 0 Å². The highest BCUT2D eigenvalue weighted by Crippen LogP contribution is 2.33. The monoisotopic (exact) mass is 350 g/mol. The number of carboxylic acids is 1. The molecule has 25 heavy (non-hydrogen) atoms. The van der Waals surface area contributed by atoms with Crippen LogP contribution in [0.4, 0.5) is 0 Å². The van der Waals surface area contributed by atoms with E-state index in [1.165, 1.54) is 6.92 Å². The zero-order chi connectivity index (χ0) is 18.7. The van der Waals surface area contributed by atoms with E-state index in [0.717, 1.165) is 44.9 Å². The molecule has 2 N–H and O–H groups in total. The molecule has 0 bridgehead atoms. The molecule has 0 spiro atoms. The molecule has 0 radical (unpaired) electrons. The number of phenols is 1. The van der Waals surface area contributed by atoms with Crippen LogP contribution >= 0.6 is 0 Å². The number of aromatic hydroxyl groups is 1. The van der Waals surface area contributed by atoms with Crippen LogP contribution < -0.4 is 4.74 Å². The van der Waals surface area contributed by atoms with E-state index in [2.05, 4.69) is 0 Å². The summed E-state index contributed by atoms with van der Waals surface area (Å²) < 4.78 is 5.82. The summed E-state index contributed by atoms with van der Waals surface area (Å²) in [6, 6.07) is 3.39. The first kappa shape index (κ1) is 21.0. The van der Waals surface area contributed by atoms with Gasteiger partial charge in [-0.15, -0.1) is 0 Å². The number of hydrogen-bond acceptors (Lipinski definition) is 4. The molecule has 0 heterocycles. The van der Waals surface area contributed by atoms with Gasteiger partial charge >= 0.3 is 5.97 Å². The van der Waals surface area contributed by atoms with Gasteiger partial charge in [0.25, 0.3) is 0 Å². The van der Waals surface area contributed by atoms with Crippen molar-refractivity contribution >= 4 is 11.8 Å². The quantitative estimate of drug-likeness (QED) is 0.396. The molecule has 1 aromatic rings. The predicted molar refractivity (Wildman–Crippen MR) is 97.6 cm³/mol. The average Bonchev–Trinajstić information content (AvgIpc) is 2.55. The topological polar surface area (TPSA) is 83.8 Å². The molecule has 0 aliphatic carbocycles. The number of carboxylic acid groups (broad SMARTS) is 1. The summed E-state index contributed by atoms with van der Waals surface area (Å²) in [7, 11) is 0. The zero-order valence-electron chi connectivity index (χ0n) is 15.3. The van der Waals surface area contributed by atoms with Gasteiger partial charge in [0.15, 0.2) is 5.78 Å². The number of carbonyl (C=O) groups is 2. The van der Waals surface area contributed by atoms with Crippen molar-refractivity contribution in [3.05, 3.63) is 23.3 Å². The Morgan fingerprint density at radius 1 is 1.04 bits per heavy atom. The largest absolute Gasteiger partial charge is 0.507 e. The van der Waals surface area contributed by atoms with Crippen molar-refractivity contribution < 1.29 is 24.5 Å². The van der Waals surface area contributed by atoms with Crippen LogP contribution in [0.15, 0.2) is 12.1 Å². The predicted octanol–water partition coefficient (Wildman–Crippen LogP) is 4.74. The van der Waals surface area contributed by atoms with E-state index in [-0.39, 0.29) is 18.0 Å². The number of benzene rings is 1. The third-order valence-corrected chi connectivity index (χ3v) is 4.16. The third-order valence-electron chi connectivity index (χ3n) is 4.16. The van der Waals surface area contributed by atoms with Crippen LogP contribution in [0.2, 0.25) is 0 Å². The first-order valence-electron chi connectivity index (χ1n) is 9.17. The van der Waals surface area contributed by atoms with Gasteiger partial charge in [0.1, 0.15) is 11.5 Å². The molecule has 0 aliphatic rings.